The van der Waals surface area contributed by atoms with Crippen LogP contribution in [0, 0.1) is 3.57 Å². The van der Waals surface area contributed by atoms with E-state index in [-0.39, 0.29) is 0 Å². The number of halogens is 2. The minimum Gasteiger partial charge on any atom is -0.423 e. The summed E-state index contributed by atoms with van der Waals surface area (Å²) >= 11 is 5.62. The minimum atomic E-state index is -1.40. The molecule has 0 radical (unpaired) electrons. The summed E-state index contributed by atoms with van der Waals surface area (Å²) in [5.74, 6) is 0. The van der Waals surface area contributed by atoms with Gasteiger partial charge >= 0.3 is 7.12 Å². The summed E-state index contributed by atoms with van der Waals surface area (Å²) in [6, 6.07) is 21.3. The smallest absolute Gasteiger partial charge is 0.423 e. The summed E-state index contributed by atoms with van der Waals surface area (Å²) < 4.78 is 2.41. The maximum atomic E-state index is 9.08. The molecule has 3 aromatic carbocycles. The number of benzene rings is 3. The van der Waals surface area contributed by atoms with Gasteiger partial charge in [0, 0.05) is 8.04 Å². The van der Waals surface area contributed by atoms with Gasteiger partial charge in [-0.3, -0.25) is 0 Å². The van der Waals surface area contributed by atoms with Gasteiger partial charge in [0.15, 0.2) is 0 Å². The van der Waals surface area contributed by atoms with Gasteiger partial charge in [0.1, 0.15) is 0 Å². The zero-order valence-corrected chi connectivity index (χ0v) is 14.8. The Morgan fingerprint density at radius 1 is 0.810 bits per heavy atom. The summed E-state index contributed by atoms with van der Waals surface area (Å²) in [6.45, 7) is 0. The monoisotopic (exact) mass is 454 g/mol. The fourth-order valence-electron chi connectivity index (χ4n) is 1.91. The van der Waals surface area contributed by atoms with Gasteiger partial charge in [0.2, 0.25) is 0 Å². The van der Waals surface area contributed by atoms with Gasteiger partial charge in [-0.25, -0.2) is 0 Å². The van der Waals surface area contributed by atoms with Crippen molar-refractivity contribution in [1.82, 2.24) is 0 Å². The van der Waals surface area contributed by atoms with Gasteiger partial charge in [-0.1, -0.05) is 58.4 Å². The number of rotatable bonds is 1. The molecule has 2 nitrogen and oxygen atoms in total. The van der Waals surface area contributed by atoms with Gasteiger partial charge in [0.25, 0.3) is 0 Å². The average Bonchev–Trinajstić information content (AvgIpc) is 2.50. The van der Waals surface area contributed by atoms with E-state index in [0.717, 1.165) is 15.2 Å². The molecule has 3 rings (SSSR count). The zero-order valence-electron chi connectivity index (χ0n) is 11.1. The van der Waals surface area contributed by atoms with Gasteiger partial charge < -0.3 is 10.0 Å². The van der Waals surface area contributed by atoms with Crippen LogP contribution in [-0.4, -0.2) is 17.2 Å². The molecule has 21 heavy (non-hydrogen) atoms. The Hall–Kier alpha value is -0.885. The number of hydrogen-bond donors (Lipinski definition) is 2. The van der Waals surface area contributed by atoms with Crippen LogP contribution in [-0.2, 0) is 0 Å². The third-order valence-corrected chi connectivity index (χ3v) is 4.15. The maximum Gasteiger partial charge on any atom is 0.489 e. The van der Waals surface area contributed by atoms with Crippen molar-refractivity contribution in [2.75, 3.05) is 0 Å². The second-order valence-corrected chi connectivity index (χ2v) is 6.54. The van der Waals surface area contributed by atoms with Crippen LogP contribution in [0.5, 0.6) is 0 Å². The Morgan fingerprint density at radius 3 is 2.05 bits per heavy atom. The summed E-state index contributed by atoms with van der Waals surface area (Å²) in [5, 5.41) is 20.1. The lowest BCUT2D eigenvalue weighted by Gasteiger charge is -2.03. The second-order valence-electron chi connectivity index (χ2n) is 4.38. The molecule has 0 heterocycles. The molecule has 0 aliphatic carbocycles. The van der Waals surface area contributed by atoms with E-state index in [1.807, 2.05) is 48.5 Å². The van der Waals surface area contributed by atoms with Gasteiger partial charge in [-0.2, -0.15) is 0 Å². The van der Waals surface area contributed by atoms with Crippen molar-refractivity contribution in [3.63, 3.8) is 0 Å². The Morgan fingerprint density at radius 2 is 1.43 bits per heavy atom. The second kappa shape index (κ2) is 7.94. The normalized spacial score (nSPS) is 9.90. The highest BCUT2D eigenvalue weighted by Gasteiger charge is 2.13. The Bertz CT molecular complexity index is 691. The molecule has 0 bridgehead atoms. The van der Waals surface area contributed by atoms with Crippen LogP contribution in [0.15, 0.2) is 71.2 Å². The molecule has 0 spiro atoms. The fourth-order valence-corrected chi connectivity index (χ4v) is 2.53. The summed E-state index contributed by atoms with van der Waals surface area (Å²) in [6.07, 6.45) is 0. The molecule has 0 aromatic heterocycles. The molecule has 3 aromatic rings. The van der Waals surface area contributed by atoms with Crippen molar-refractivity contribution in [1.29, 1.82) is 0 Å². The van der Waals surface area contributed by atoms with Crippen LogP contribution >= 0.6 is 38.5 Å². The van der Waals surface area contributed by atoms with Crippen LogP contribution in [0.4, 0.5) is 0 Å². The first-order valence-corrected chi connectivity index (χ1v) is 8.20. The van der Waals surface area contributed by atoms with E-state index in [1.54, 1.807) is 6.07 Å². The zero-order chi connectivity index (χ0) is 15.2. The van der Waals surface area contributed by atoms with Crippen molar-refractivity contribution < 1.29 is 10.0 Å². The Kier molecular flexibility index (Phi) is 6.23. The predicted molar refractivity (Wildman–Crippen MR) is 101 cm³/mol. The lowest BCUT2D eigenvalue weighted by molar-refractivity contribution is 0.426. The van der Waals surface area contributed by atoms with E-state index in [0.29, 0.717) is 5.46 Å². The molecule has 0 unspecified atom stereocenters. The van der Waals surface area contributed by atoms with Crippen molar-refractivity contribution in [2.24, 2.45) is 0 Å². The molecule has 106 valence electrons. The first-order valence-electron chi connectivity index (χ1n) is 6.33. The topological polar surface area (TPSA) is 40.5 Å². The molecular weight excluding hydrogens is 442 g/mol. The van der Waals surface area contributed by atoms with Crippen molar-refractivity contribution in [3.8, 4) is 0 Å². The molecule has 0 fully saturated rings. The number of fused-ring (bicyclic) bond motifs is 1. The highest BCUT2D eigenvalue weighted by molar-refractivity contribution is 14.1. The van der Waals surface area contributed by atoms with Crippen molar-refractivity contribution in [2.45, 2.75) is 0 Å². The molecule has 5 heteroatoms. The SMILES string of the molecule is Brc1ccc(I)cc1.OB(O)c1cccc2ccccc12. The van der Waals surface area contributed by atoms with Crippen LogP contribution in [0.3, 0.4) is 0 Å². The lowest BCUT2D eigenvalue weighted by Crippen LogP contribution is -2.30. The quantitative estimate of drug-likeness (QED) is 0.436. The van der Waals surface area contributed by atoms with Crippen LogP contribution in [0.25, 0.3) is 10.8 Å². The van der Waals surface area contributed by atoms with E-state index in [9.17, 15) is 0 Å². The number of hydrogen-bond acceptors (Lipinski definition) is 2. The van der Waals surface area contributed by atoms with Gasteiger partial charge in [-0.15, -0.1) is 0 Å². The molecule has 0 atom stereocenters. The van der Waals surface area contributed by atoms with Gasteiger partial charge in [-0.05, 0) is 63.1 Å². The Balaban J connectivity index is 0.000000173. The average molecular weight is 455 g/mol. The predicted octanol–water partition coefficient (Wildman–Crippen LogP) is 3.57. The molecule has 0 amide bonds. The van der Waals surface area contributed by atoms with E-state index in [1.165, 1.54) is 3.57 Å². The molecule has 2 N–H and O–H groups in total. The highest BCUT2D eigenvalue weighted by Crippen LogP contribution is 2.11. The van der Waals surface area contributed by atoms with Crippen LogP contribution < -0.4 is 5.46 Å². The van der Waals surface area contributed by atoms with E-state index in [4.69, 9.17) is 10.0 Å². The summed E-state index contributed by atoms with van der Waals surface area (Å²) in [4.78, 5) is 0. The first kappa shape index (κ1) is 16.5. The fraction of sp³-hybridized carbons (Fsp3) is 0. The van der Waals surface area contributed by atoms with E-state index < -0.39 is 7.12 Å². The largest absolute Gasteiger partial charge is 0.489 e. The summed E-state index contributed by atoms with van der Waals surface area (Å²) in [5.41, 5.74) is 0.554. The molecule has 0 aliphatic heterocycles. The molecular formula is C16H13BBrIO2. The summed E-state index contributed by atoms with van der Waals surface area (Å²) in [7, 11) is -1.40. The van der Waals surface area contributed by atoms with Crippen molar-refractivity contribution in [3.05, 3.63) is 74.8 Å². The molecule has 0 saturated carbocycles. The van der Waals surface area contributed by atoms with E-state index in [2.05, 4.69) is 50.7 Å². The standard InChI is InChI=1S/C10H9BO2.C6H4BrI/c12-11(13)10-7-3-5-8-4-1-2-6-9(8)10;7-5-1-3-6(8)4-2-5/h1-7,12-13H;1-4H. The molecule has 0 saturated heterocycles. The highest BCUT2D eigenvalue weighted by atomic mass is 127. The Labute approximate surface area is 146 Å². The third kappa shape index (κ3) is 4.81. The van der Waals surface area contributed by atoms with Crippen LogP contribution in [0.1, 0.15) is 0 Å². The van der Waals surface area contributed by atoms with Crippen molar-refractivity contribution >= 4 is 61.9 Å². The van der Waals surface area contributed by atoms with Crippen LogP contribution in [0.2, 0.25) is 0 Å². The first-order chi connectivity index (χ1) is 10.1. The lowest BCUT2D eigenvalue weighted by atomic mass is 9.77. The van der Waals surface area contributed by atoms with E-state index >= 15 is 0 Å². The third-order valence-electron chi connectivity index (χ3n) is 2.91. The molecule has 0 aliphatic rings. The minimum absolute atomic E-state index is 0.554. The maximum absolute atomic E-state index is 9.08. The van der Waals surface area contributed by atoms with Gasteiger partial charge in [0.05, 0.1) is 0 Å².